The van der Waals surface area contributed by atoms with Crippen LogP contribution in [0.5, 0.6) is 0 Å². The maximum absolute atomic E-state index is 12.0. The molecular weight excluding hydrogens is 438 g/mol. The van der Waals surface area contributed by atoms with Gasteiger partial charge in [0.05, 0.1) is 6.42 Å². The van der Waals surface area contributed by atoms with Gasteiger partial charge in [-0.3, -0.25) is 14.4 Å². The van der Waals surface area contributed by atoms with Crippen molar-refractivity contribution in [3.63, 3.8) is 0 Å². The van der Waals surface area contributed by atoms with Gasteiger partial charge in [0.15, 0.2) is 5.78 Å². The summed E-state index contributed by atoms with van der Waals surface area (Å²) < 4.78 is 0. The fraction of sp³-hybridized carbons (Fsp3) is 0.600. The summed E-state index contributed by atoms with van der Waals surface area (Å²) in [5.74, 6) is 1.05. The Balaban J connectivity index is 0.000000204. The number of carbonyl (C=O) groups is 4. The molecule has 1 aromatic carbocycles. The van der Waals surface area contributed by atoms with Crippen LogP contribution in [0.1, 0.15) is 107 Å². The molecule has 0 heterocycles. The number of benzene rings is 1. The molecule has 0 saturated heterocycles. The lowest BCUT2D eigenvalue weighted by Gasteiger charge is -2.26. The molecular formula is C30H43NO4. The topological polar surface area (TPSA) is 94.3 Å². The zero-order valence-corrected chi connectivity index (χ0v) is 21.8. The van der Waals surface area contributed by atoms with E-state index in [4.69, 9.17) is 5.73 Å². The summed E-state index contributed by atoms with van der Waals surface area (Å²) in [5, 5.41) is 0. The zero-order valence-electron chi connectivity index (χ0n) is 21.8. The Morgan fingerprint density at radius 2 is 1.40 bits per heavy atom. The van der Waals surface area contributed by atoms with Crippen molar-refractivity contribution in [2.24, 2.45) is 23.0 Å². The normalized spacial score (nSPS) is 20.8. The van der Waals surface area contributed by atoms with Crippen LogP contribution < -0.4 is 5.73 Å². The molecule has 0 aromatic heterocycles. The predicted octanol–water partition coefficient (Wildman–Crippen LogP) is 6.31. The molecule has 3 fully saturated rings. The Morgan fingerprint density at radius 1 is 0.886 bits per heavy atom. The molecule has 0 spiro atoms. The Labute approximate surface area is 210 Å². The number of Topliss-reactive ketones (excluding diaryl/α,β-unsaturated/α-hetero) is 2. The van der Waals surface area contributed by atoms with E-state index in [9.17, 15) is 19.2 Å². The van der Waals surface area contributed by atoms with Gasteiger partial charge < -0.3 is 10.5 Å². The van der Waals surface area contributed by atoms with E-state index in [1.807, 2.05) is 45.0 Å². The summed E-state index contributed by atoms with van der Waals surface area (Å²) in [6.07, 6.45) is 14.9. The van der Waals surface area contributed by atoms with Crippen molar-refractivity contribution in [3.05, 3.63) is 47.2 Å². The van der Waals surface area contributed by atoms with Crippen LogP contribution in [0, 0.1) is 24.2 Å². The number of aryl methyl sites for hydroxylation is 1. The van der Waals surface area contributed by atoms with Crippen molar-refractivity contribution >= 4 is 23.6 Å². The Bertz CT molecular complexity index is 867. The molecule has 0 radical (unpaired) electrons. The van der Waals surface area contributed by atoms with E-state index in [-0.39, 0.29) is 29.2 Å². The first-order valence-corrected chi connectivity index (χ1v) is 13.2. The SMILES string of the molecule is CC1(C)CC(=O)CC(=O)C1.Cc1ccc(C(=O)C=C(N)C2CCCC2)cc1.O=CC1CCCCC1. The Kier molecular flexibility index (Phi) is 11.6. The van der Waals surface area contributed by atoms with Gasteiger partial charge in [-0.25, -0.2) is 0 Å². The third kappa shape index (κ3) is 10.7. The molecule has 3 saturated carbocycles. The molecule has 2 N–H and O–H groups in total. The van der Waals surface area contributed by atoms with E-state index in [0.29, 0.717) is 24.7 Å². The molecule has 3 aliphatic carbocycles. The zero-order chi connectivity index (χ0) is 25.8. The molecule has 192 valence electrons. The van der Waals surface area contributed by atoms with Crippen LogP contribution in [0.2, 0.25) is 0 Å². The second-order valence-corrected chi connectivity index (χ2v) is 11.2. The summed E-state index contributed by atoms with van der Waals surface area (Å²) in [6, 6.07) is 7.62. The van der Waals surface area contributed by atoms with Crippen molar-refractivity contribution in [2.45, 2.75) is 97.8 Å². The first-order chi connectivity index (χ1) is 16.6. The Morgan fingerprint density at radius 3 is 1.86 bits per heavy atom. The van der Waals surface area contributed by atoms with Crippen molar-refractivity contribution in [1.82, 2.24) is 0 Å². The van der Waals surface area contributed by atoms with Gasteiger partial charge in [0.2, 0.25) is 0 Å². The highest BCUT2D eigenvalue weighted by Gasteiger charge is 2.31. The van der Waals surface area contributed by atoms with Crippen LogP contribution in [-0.4, -0.2) is 23.6 Å². The van der Waals surface area contributed by atoms with Crippen LogP contribution in [0.4, 0.5) is 0 Å². The monoisotopic (exact) mass is 481 g/mol. The lowest BCUT2D eigenvalue weighted by atomic mass is 9.76. The predicted molar refractivity (Wildman–Crippen MR) is 140 cm³/mol. The number of ketones is 3. The first-order valence-electron chi connectivity index (χ1n) is 13.2. The molecule has 0 amide bonds. The third-order valence-electron chi connectivity index (χ3n) is 7.05. The van der Waals surface area contributed by atoms with Gasteiger partial charge in [0.25, 0.3) is 0 Å². The summed E-state index contributed by atoms with van der Waals surface area (Å²) >= 11 is 0. The largest absolute Gasteiger partial charge is 0.402 e. The fourth-order valence-electron chi connectivity index (χ4n) is 5.07. The van der Waals surface area contributed by atoms with Gasteiger partial charge >= 0.3 is 0 Å². The van der Waals surface area contributed by atoms with Crippen LogP contribution >= 0.6 is 0 Å². The van der Waals surface area contributed by atoms with Crippen molar-refractivity contribution in [3.8, 4) is 0 Å². The first kappa shape index (κ1) is 28.7. The number of hydrogen-bond donors (Lipinski definition) is 1. The Hall–Kier alpha value is -2.56. The minimum Gasteiger partial charge on any atom is -0.402 e. The van der Waals surface area contributed by atoms with Gasteiger partial charge in [-0.15, -0.1) is 0 Å². The lowest BCUT2D eigenvalue weighted by Crippen LogP contribution is -2.28. The van der Waals surface area contributed by atoms with E-state index in [2.05, 4.69) is 0 Å². The maximum Gasteiger partial charge on any atom is 0.187 e. The average Bonchev–Trinajstić information content (AvgIpc) is 3.34. The molecule has 4 rings (SSSR count). The van der Waals surface area contributed by atoms with Gasteiger partial charge in [-0.1, -0.05) is 75.8 Å². The average molecular weight is 482 g/mol. The minimum absolute atomic E-state index is 0.0226. The number of carbonyl (C=O) groups excluding carboxylic acids is 4. The highest BCUT2D eigenvalue weighted by molar-refractivity contribution is 6.05. The fourth-order valence-corrected chi connectivity index (χ4v) is 5.07. The van der Waals surface area contributed by atoms with Crippen molar-refractivity contribution in [2.75, 3.05) is 0 Å². The summed E-state index contributed by atoms with van der Waals surface area (Å²) in [6.45, 7) is 5.93. The van der Waals surface area contributed by atoms with Gasteiger partial charge in [0.1, 0.15) is 17.9 Å². The third-order valence-corrected chi connectivity index (χ3v) is 7.05. The number of aldehydes is 1. The number of nitrogens with two attached hydrogens (primary N) is 1. The van der Waals surface area contributed by atoms with Gasteiger partial charge in [-0.05, 0) is 43.9 Å². The number of hydrogen-bond acceptors (Lipinski definition) is 5. The van der Waals surface area contributed by atoms with Crippen molar-refractivity contribution < 1.29 is 19.2 Å². The number of rotatable bonds is 4. The minimum atomic E-state index is -0.0770. The van der Waals surface area contributed by atoms with Crippen molar-refractivity contribution in [1.29, 1.82) is 0 Å². The molecule has 0 unspecified atom stereocenters. The molecule has 5 nitrogen and oxygen atoms in total. The quantitative estimate of drug-likeness (QED) is 0.235. The smallest absolute Gasteiger partial charge is 0.187 e. The molecule has 0 aliphatic heterocycles. The van der Waals surface area contributed by atoms with Gasteiger partial charge in [0, 0.05) is 36.1 Å². The van der Waals surface area contributed by atoms with E-state index >= 15 is 0 Å². The highest BCUT2D eigenvalue weighted by atomic mass is 16.2. The highest BCUT2D eigenvalue weighted by Crippen LogP contribution is 2.31. The van der Waals surface area contributed by atoms with Crippen LogP contribution in [0.15, 0.2) is 36.0 Å². The van der Waals surface area contributed by atoms with E-state index in [1.54, 1.807) is 6.08 Å². The van der Waals surface area contributed by atoms with Gasteiger partial charge in [-0.2, -0.15) is 0 Å². The lowest BCUT2D eigenvalue weighted by molar-refractivity contribution is -0.133. The molecule has 5 heteroatoms. The summed E-state index contributed by atoms with van der Waals surface area (Å²) in [7, 11) is 0. The second kappa shape index (κ2) is 14.1. The second-order valence-electron chi connectivity index (χ2n) is 11.2. The standard InChI is InChI=1S/C15H19NO.C8H12O2.C7H12O/c1-11-6-8-13(9-7-11)15(17)10-14(16)12-4-2-3-5-12;1-8(2)4-6(9)3-7(10)5-8;8-6-7-4-2-1-3-5-7/h6-10,12H,2-5,16H2,1H3;3-5H2,1-2H3;6-7H,1-5H2. The van der Waals surface area contributed by atoms with Crippen LogP contribution in [-0.2, 0) is 14.4 Å². The molecule has 1 aromatic rings. The van der Waals surface area contributed by atoms with E-state index in [0.717, 1.165) is 48.8 Å². The van der Waals surface area contributed by atoms with Crippen LogP contribution in [0.25, 0.3) is 0 Å². The molecule has 35 heavy (non-hydrogen) atoms. The van der Waals surface area contributed by atoms with E-state index < -0.39 is 0 Å². The van der Waals surface area contributed by atoms with E-state index in [1.165, 1.54) is 32.1 Å². The molecule has 3 aliphatic rings. The molecule has 0 atom stereocenters. The maximum atomic E-state index is 12.0. The number of allylic oxidation sites excluding steroid dienone is 2. The summed E-state index contributed by atoms with van der Waals surface area (Å²) in [4.78, 5) is 43.9. The molecule has 0 bridgehead atoms. The van der Waals surface area contributed by atoms with Crippen LogP contribution in [0.3, 0.4) is 0 Å². The summed E-state index contributed by atoms with van der Waals surface area (Å²) in [5.41, 5.74) is 8.55.